The number of rotatable bonds is 2. The third kappa shape index (κ3) is 2.86. The second kappa shape index (κ2) is 3.94. The van der Waals surface area contributed by atoms with Crippen molar-refractivity contribution in [3.8, 4) is 5.75 Å². The minimum atomic E-state index is 0.235. The van der Waals surface area contributed by atoms with Gasteiger partial charge in [-0.15, -0.1) is 0 Å². The Bertz CT molecular complexity index is 248. The molecule has 0 radical (unpaired) electrons. The van der Waals surface area contributed by atoms with E-state index in [4.69, 9.17) is 4.74 Å². The summed E-state index contributed by atoms with van der Waals surface area (Å²) in [5.74, 6) is 0.928. The zero-order chi connectivity index (χ0) is 9.14. The number of aryl methyl sites for hydroxylation is 1. The molecule has 0 bridgehead atoms. The van der Waals surface area contributed by atoms with Gasteiger partial charge in [0.05, 0.1) is 6.10 Å². The van der Waals surface area contributed by atoms with Gasteiger partial charge in [-0.25, -0.2) is 0 Å². The van der Waals surface area contributed by atoms with Gasteiger partial charge < -0.3 is 4.74 Å². The van der Waals surface area contributed by atoms with Crippen LogP contribution >= 0.6 is 15.9 Å². The Hall–Kier alpha value is -0.500. The van der Waals surface area contributed by atoms with Crippen molar-refractivity contribution in [1.82, 2.24) is 0 Å². The third-order valence-corrected chi connectivity index (χ3v) is 1.85. The van der Waals surface area contributed by atoms with Crippen molar-refractivity contribution in [3.63, 3.8) is 0 Å². The fourth-order valence-electron chi connectivity index (χ4n) is 1.04. The fourth-order valence-corrected chi connectivity index (χ4v) is 1.63. The van der Waals surface area contributed by atoms with Crippen LogP contribution in [-0.2, 0) is 0 Å². The molecule has 0 saturated carbocycles. The molecule has 0 aliphatic heterocycles. The zero-order valence-corrected chi connectivity index (χ0v) is 9.18. The van der Waals surface area contributed by atoms with Crippen LogP contribution < -0.4 is 4.74 Å². The van der Waals surface area contributed by atoms with Gasteiger partial charge >= 0.3 is 0 Å². The Kier molecular flexibility index (Phi) is 3.15. The summed E-state index contributed by atoms with van der Waals surface area (Å²) >= 11 is 3.42. The van der Waals surface area contributed by atoms with Crippen molar-refractivity contribution < 1.29 is 4.74 Å². The van der Waals surface area contributed by atoms with Crippen molar-refractivity contribution in [3.05, 3.63) is 28.2 Å². The van der Waals surface area contributed by atoms with Crippen LogP contribution in [0.5, 0.6) is 5.75 Å². The smallest absolute Gasteiger partial charge is 0.121 e. The predicted molar refractivity (Wildman–Crippen MR) is 54.6 cm³/mol. The summed E-state index contributed by atoms with van der Waals surface area (Å²) in [7, 11) is 0. The Balaban J connectivity index is 2.85. The van der Waals surface area contributed by atoms with Gasteiger partial charge in [0.1, 0.15) is 5.75 Å². The second-order valence-corrected chi connectivity index (χ2v) is 4.05. The highest BCUT2D eigenvalue weighted by Gasteiger charge is 1.99. The first-order valence-corrected chi connectivity index (χ1v) is 4.81. The van der Waals surface area contributed by atoms with Crippen LogP contribution in [0.25, 0.3) is 0 Å². The molecule has 0 amide bonds. The number of hydrogen-bond acceptors (Lipinski definition) is 1. The van der Waals surface area contributed by atoms with Gasteiger partial charge in [0.25, 0.3) is 0 Å². The molecule has 2 heteroatoms. The maximum Gasteiger partial charge on any atom is 0.121 e. The van der Waals surface area contributed by atoms with E-state index in [1.807, 2.05) is 26.0 Å². The van der Waals surface area contributed by atoms with Gasteiger partial charge in [-0.05, 0) is 44.5 Å². The molecule has 66 valence electrons. The molecule has 0 saturated heterocycles. The van der Waals surface area contributed by atoms with Gasteiger partial charge in [-0.2, -0.15) is 0 Å². The van der Waals surface area contributed by atoms with Crippen LogP contribution in [0, 0.1) is 6.92 Å². The number of benzene rings is 1. The molecule has 12 heavy (non-hydrogen) atoms. The highest BCUT2D eigenvalue weighted by molar-refractivity contribution is 9.10. The van der Waals surface area contributed by atoms with E-state index in [1.54, 1.807) is 0 Å². The number of hydrogen-bond donors (Lipinski definition) is 0. The van der Waals surface area contributed by atoms with E-state index in [9.17, 15) is 0 Å². The minimum Gasteiger partial charge on any atom is -0.491 e. The van der Waals surface area contributed by atoms with E-state index >= 15 is 0 Å². The van der Waals surface area contributed by atoms with Crippen LogP contribution in [0.15, 0.2) is 22.7 Å². The van der Waals surface area contributed by atoms with Crippen LogP contribution in [0.1, 0.15) is 19.4 Å². The Morgan fingerprint density at radius 1 is 1.25 bits per heavy atom. The Morgan fingerprint density at radius 3 is 2.42 bits per heavy atom. The summed E-state index contributed by atoms with van der Waals surface area (Å²) < 4.78 is 6.61. The largest absolute Gasteiger partial charge is 0.491 e. The predicted octanol–water partition coefficient (Wildman–Crippen LogP) is 3.54. The van der Waals surface area contributed by atoms with E-state index in [0.29, 0.717) is 0 Å². The molecule has 0 aliphatic rings. The molecule has 1 aromatic carbocycles. The van der Waals surface area contributed by atoms with E-state index in [0.717, 1.165) is 10.2 Å². The SMILES string of the molecule is Cc1cc(Br)cc(OC(C)C)c1. The maximum atomic E-state index is 5.55. The van der Waals surface area contributed by atoms with Crippen LogP contribution in [-0.4, -0.2) is 6.10 Å². The Labute approximate surface area is 81.9 Å². The summed E-state index contributed by atoms with van der Waals surface area (Å²) in [4.78, 5) is 0. The minimum absolute atomic E-state index is 0.235. The molecular formula is C10H13BrO. The quantitative estimate of drug-likeness (QED) is 0.753. The monoisotopic (exact) mass is 228 g/mol. The van der Waals surface area contributed by atoms with E-state index in [2.05, 4.69) is 28.9 Å². The zero-order valence-electron chi connectivity index (χ0n) is 7.60. The molecule has 0 aliphatic carbocycles. The van der Waals surface area contributed by atoms with Crippen LogP contribution in [0.2, 0.25) is 0 Å². The van der Waals surface area contributed by atoms with Gasteiger partial charge in [0.15, 0.2) is 0 Å². The maximum absolute atomic E-state index is 5.55. The Morgan fingerprint density at radius 2 is 1.92 bits per heavy atom. The summed E-state index contributed by atoms with van der Waals surface area (Å²) in [5, 5.41) is 0. The van der Waals surface area contributed by atoms with Crippen molar-refractivity contribution in [2.45, 2.75) is 26.9 Å². The van der Waals surface area contributed by atoms with Gasteiger partial charge in [-0.3, -0.25) is 0 Å². The van der Waals surface area contributed by atoms with Crippen molar-refractivity contribution >= 4 is 15.9 Å². The summed E-state index contributed by atoms with van der Waals surface area (Å²) in [6.07, 6.45) is 0.235. The van der Waals surface area contributed by atoms with E-state index < -0.39 is 0 Å². The molecule has 0 fully saturated rings. The highest BCUT2D eigenvalue weighted by atomic mass is 79.9. The summed E-state index contributed by atoms with van der Waals surface area (Å²) in [5.41, 5.74) is 1.21. The lowest BCUT2D eigenvalue weighted by atomic mass is 10.2. The molecule has 1 nitrogen and oxygen atoms in total. The highest BCUT2D eigenvalue weighted by Crippen LogP contribution is 2.21. The van der Waals surface area contributed by atoms with E-state index in [1.165, 1.54) is 5.56 Å². The lowest BCUT2D eigenvalue weighted by Crippen LogP contribution is -2.05. The lowest BCUT2D eigenvalue weighted by Gasteiger charge is -2.10. The average Bonchev–Trinajstić information content (AvgIpc) is 1.81. The molecule has 0 aromatic heterocycles. The molecular weight excluding hydrogens is 216 g/mol. The lowest BCUT2D eigenvalue weighted by molar-refractivity contribution is 0.242. The standard InChI is InChI=1S/C10H13BrO/c1-7(2)12-10-5-8(3)4-9(11)6-10/h4-7H,1-3H3. The first-order chi connectivity index (χ1) is 5.58. The molecule has 1 aromatic rings. The molecule has 0 atom stereocenters. The first kappa shape index (κ1) is 9.59. The van der Waals surface area contributed by atoms with Gasteiger partial charge in [0.2, 0.25) is 0 Å². The normalized spacial score (nSPS) is 10.4. The molecule has 1 rings (SSSR count). The number of halogens is 1. The molecule has 0 spiro atoms. The fraction of sp³-hybridized carbons (Fsp3) is 0.400. The summed E-state index contributed by atoms with van der Waals surface area (Å²) in [6.45, 7) is 6.10. The second-order valence-electron chi connectivity index (χ2n) is 3.13. The van der Waals surface area contributed by atoms with Crippen LogP contribution in [0.4, 0.5) is 0 Å². The molecule has 0 unspecified atom stereocenters. The van der Waals surface area contributed by atoms with Gasteiger partial charge in [-0.1, -0.05) is 15.9 Å². The van der Waals surface area contributed by atoms with Crippen LogP contribution in [0.3, 0.4) is 0 Å². The summed E-state index contributed by atoms with van der Waals surface area (Å²) in [6, 6.07) is 6.07. The average molecular weight is 229 g/mol. The topological polar surface area (TPSA) is 9.23 Å². The van der Waals surface area contributed by atoms with Crippen molar-refractivity contribution in [2.75, 3.05) is 0 Å². The van der Waals surface area contributed by atoms with Crippen molar-refractivity contribution in [1.29, 1.82) is 0 Å². The molecule has 0 heterocycles. The number of ether oxygens (including phenoxy) is 1. The molecule has 0 N–H and O–H groups in total. The third-order valence-electron chi connectivity index (χ3n) is 1.39. The first-order valence-electron chi connectivity index (χ1n) is 4.02. The van der Waals surface area contributed by atoms with Gasteiger partial charge in [0, 0.05) is 4.47 Å². The van der Waals surface area contributed by atoms with Crippen molar-refractivity contribution in [2.24, 2.45) is 0 Å². The van der Waals surface area contributed by atoms with E-state index in [-0.39, 0.29) is 6.10 Å².